The zero-order chi connectivity index (χ0) is 14.2. The largest absolute Gasteiger partial charge is 0.494 e. The number of hydrazine groups is 1. The summed E-state index contributed by atoms with van der Waals surface area (Å²) in [6, 6.07) is 18.4. The van der Waals surface area contributed by atoms with Crippen LogP contribution in [0.4, 0.5) is 0 Å². The van der Waals surface area contributed by atoms with E-state index < -0.39 is 0 Å². The fourth-order valence-electron chi connectivity index (χ4n) is 1.98. The second-order valence-electron chi connectivity index (χ2n) is 4.31. The first-order valence-corrected chi connectivity index (χ1v) is 7.69. The van der Waals surface area contributed by atoms with Gasteiger partial charge in [0.05, 0.1) is 12.6 Å². The Kier molecular flexibility index (Phi) is 5.92. The van der Waals surface area contributed by atoms with Gasteiger partial charge >= 0.3 is 0 Å². The van der Waals surface area contributed by atoms with Crippen LogP contribution >= 0.6 is 11.8 Å². The zero-order valence-corrected chi connectivity index (χ0v) is 12.4. The highest BCUT2D eigenvalue weighted by Gasteiger charge is 2.14. The summed E-state index contributed by atoms with van der Waals surface area (Å²) in [6.45, 7) is 2.64. The summed E-state index contributed by atoms with van der Waals surface area (Å²) >= 11 is 1.78. The van der Waals surface area contributed by atoms with Crippen molar-refractivity contribution >= 4 is 11.8 Å². The van der Waals surface area contributed by atoms with Crippen LogP contribution in [0.5, 0.6) is 5.75 Å². The van der Waals surface area contributed by atoms with E-state index in [0.717, 1.165) is 17.1 Å². The van der Waals surface area contributed by atoms with Gasteiger partial charge in [-0.05, 0) is 25.1 Å². The number of benzene rings is 2. The quantitative estimate of drug-likeness (QED) is 0.466. The van der Waals surface area contributed by atoms with E-state index in [4.69, 9.17) is 10.6 Å². The molecule has 0 amide bonds. The maximum absolute atomic E-state index is 5.72. The lowest BCUT2D eigenvalue weighted by molar-refractivity contribution is 0.333. The molecule has 0 aliphatic carbocycles. The Morgan fingerprint density at radius 3 is 2.50 bits per heavy atom. The fourth-order valence-corrected chi connectivity index (χ4v) is 2.96. The molecule has 0 spiro atoms. The molecule has 3 nitrogen and oxygen atoms in total. The molecule has 3 N–H and O–H groups in total. The number of thioether (sulfide) groups is 1. The monoisotopic (exact) mass is 288 g/mol. The Balaban J connectivity index is 2.08. The van der Waals surface area contributed by atoms with Crippen molar-refractivity contribution in [1.29, 1.82) is 0 Å². The number of para-hydroxylation sites is 1. The molecule has 0 radical (unpaired) electrons. The minimum atomic E-state index is 0.0583. The molecule has 2 aromatic carbocycles. The first kappa shape index (κ1) is 14.9. The Labute approximate surface area is 124 Å². The van der Waals surface area contributed by atoms with Crippen LogP contribution in [-0.4, -0.2) is 12.4 Å². The molecule has 0 aliphatic heterocycles. The van der Waals surface area contributed by atoms with Gasteiger partial charge in [0.15, 0.2) is 0 Å². The van der Waals surface area contributed by atoms with Crippen LogP contribution in [0.3, 0.4) is 0 Å². The minimum absolute atomic E-state index is 0.0583. The summed E-state index contributed by atoms with van der Waals surface area (Å²) in [5.41, 5.74) is 3.98. The number of nitrogens with one attached hydrogen (secondary N) is 1. The smallest absolute Gasteiger partial charge is 0.124 e. The van der Waals surface area contributed by atoms with Crippen LogP contribution < -0.4 is 16.0 Å². The van der Waals surface area contributed by atoms with Crippen molar-refractivity contribution < 1.29 is 4.74 Å². The van der Waals surface area contributed by atoms with Crippen LogP contribution in [0.15, 0.2) is 59.5 Å². The number of ether oxygens (including phenoxy) is 1. The number of nitrogens with two attached hydrogens (primary N) is 1. The molecule has 2 aromatic rings. The molecule has 0 heterocycles. The highest BCUT2D eigenvalue weighted by atomic mass is 32.2. The third-order valence-electron chi connectivity index (χ3n) is 2.96. The van der Waals surface area contributed by atoms with Crippen molar-refractivity contribution in [2.24, 2.45) is 5.84 Å². The predicted molar refractivity (Wildman–Crippen MR) is 84.8 cm³/mol. The summed E-state index contributed by atoms with van der Waals surface area (Å²) < 4.78 is 5.67. The lowest BCUT2D eigenvalue weighted by Crippen LogP contribution is -2.30. The predicted octanol–water partition coefficient (Wildman–Crippen LogP) is 3.38. The van der Waals surface area contributed by atoms with Gasteiger partial charge in [0.1, 0.15) is 5.75 Å². The van der Waals surface area contributed by atoms with E-state index in [0.29, 0.717) is 6.61 Å². The van der Waals surface area contributed by atoms with Crippen molar-refractivity contribution in [3.8, 4) is 5.75 Å². The molecule has 1 atom stereocenters. The van der Waals surface area contributed by atoms with Crippen molar-refractivity contribution in [2.75, 3.05) is 12.4 Å². The maximum Gasteiger partial charge on any atom is 0.124 e. The second kappa shape index (κ2) is 7.94. The van der Waals surface area contributed by atoms with Crippen molar-refractivity contribution in [3.05, 3.63) is 60.2 Å². The minimum Gasteiger partial charge on any atom is -0.494 e. The molecular formula is C16H20N2OS. The van der Waals surface area contributed by atoms with Gasteiger partial charge in [0.2, 0.25) is 0 Å². The third-order valence-corrected chi connectivity index (χ3v) is 4.06. The molecule has 0 saturated heterocycles. The first-order valence-electron chi connectivity index (χ1n) is 6.71. The lowest BCUT2D eigenvalue weighted by Gasteiger charge is -2.19. The lowest BCUT2D eigenvalue weighted by atomic mass is 10.1. The summed E-state index contributed by atoms with van der Waals surface area (Å²) in [7, 11) is 0. The molecule has 0 fully saturated rings. The van der Waals surface area contributed by atoms with E-state index in [9.17, 15) is 0 Å². The SMILES string of the molecule is CCOc1ccccc1C(CSc1ccccc1)NN. The van der Waals surface area contributed by atoms with Gasteiger partial charge in [-0.1, -0.05) is 36.4 Å². The normalized spacial score (nSPS) is 12.1. The molecule has 4 heteroatoms. The van der Waals surface area contributed by atoms with Gasteiger partial charge < -0.3 is 4.74 Å². The highest BCUT2D eigenvalue weighted by molar-refractivity contribution is 7.99. The molecule has 0 aliphatic rings. The number of rotatable bonds is 7. The maximum atomic E-state index is 5.72. The number of hydrogen-bond donors (Lipinski definition) is 2. The van der Waals surface area contributed by atoms with Gasteiger partial charge in [0, 0.05) is 16.2 Å². The molecule has 106 valence electrons. The van der Waals surface area contributed by atoms with Crippen molar-refractivity contribution in [2.45, 2.75) is 17.9 Å². The average molecular weight is 288 g/mol. The number of hydrogen-bond acceptors (Lipinski definition) is 4. The summed E-state index contributed by atoms with van der Waals surface area (Å²) in [5.74, 6) is 7.46. The Morgan fingerprint density at radius 2 is 1.80 bits per heavy atom. The Hall–Kier alpha value is -1.49. The summed E-state index contributed by atoms with van der Waals surface area (Å²) in [4.78, 5) is 1.24. The van der Waals surface area contributed by atoms with Crippen molar-refractivity contribution in [1.82, 2.24) is 5.43 Å². The molecule has 0 bridgehead atoms. The van der Waals surface area contributed by atoms with Crippen LogP contribution in [0.1, 0.15) is 18.5 Å². The average Bonchev–Trinajstić information content (AvgIpc) is 2.51. The van der Waals surface area contributed by atoms with Gasteiger partial charge in [-0.3, -0.25) is 11.3 Å². The van der Waals surface area contributed by atoms with E-state index >= 15 is 0 Å². The van der Waals surface area contributed by atoms with Crippen LogP contribution in [0.2, 0.25) is 0 Å². The standard InChI is InChI=1S/C16H20N2OS/c1-2-19-16-11-7-6-10-14(16)15(18-17)12-20-13-8-4-3-5-9-13/h3-11,15,18H,2,12,17H2,1H3. The molecule has 0 saturated carbocycles. The van der Waals surface area contributed by atoms with E-state index in [2.05, 4.69) is 23.6 Å². The van der Waals surface area contributed by atoms with Crippen LogP contribution in [-0.2, 0) is 0 Å². The van der Waals surface area contributed by atoms with E-state index in [1.807, 2.05) is 43.3 Å². The van der Waals surface area contributed by atoms with Crippen LogP contribution in [0, 0.1) is 0 Å². The molecule has 0 aromatic heterocycles. The van der Waals surface area contributed by atoms with E-state index in [1.165, 1.54) is 4.90 Å². The molecule has 1 unspecified atom stereocenters. The molecular weight excluding hydrogens is 268 g/mol. The highest BCUT2D eigenvalue weighted by Crippen LogP contribution is 2.29. The van der Waals surface area contributed by atoms with Gasteiger partial charge in [0.25, 0.3) is 0 Å². The second-order valence-corrected chi connectivity index (χ2v) is 5.41. The third kappa shape index (κ3) is 4.00. The Morgan fingerprint density at radius 1 is 1.10 bits per heavy atom. The molecule has 2 rings (SSSR count). The van der Waals surface area contributed by atoms with Gasteiger partial charge in [-0.2, -0.15) is 0 Å². The topological polar surface area (TPSA) is 47.3 Å². The summed E-state index contributed by atoms with van der Waals surface area (Å²) in [6.07, 6.45) is 0. The van der Waals surface area contributed by atoms with E-state index in [-0.39, 0.29) is 6.04 Å². The Bertz CT molecular complexity index is 519. The molecule has 20 heavy (non-hydrogen) atoms. The summed E-state index contributed by atoms with van der Waals surface area (Å²) in [5, 5.41) is 0. The van der Waals surface area contributed by atoms with Gasteiger partial charge in [-0.25, -0.2) is 0 Å². The van der Waals surface area contributed by atoms with Gasteiger partial charge in [-0.15, -0.1) is 11.8 Å². The first-order chi connectivity index (χ1) is 9.85. The van der Waals surface area contributed by atoms with Crippen LogP contribution in [0.25, 0.3) is 0 Å². The van der Waals surface area contributed by atoms with Crippen molar-refractivity contribution in [3.63, 3.8) is 0 Å². The zero-order valence-electron chi connectivity index (χ0n) is 11.6. The fraction of sp³-hybridized carbons (Fsp3) is 0.250. The van der Waals surface area contributed by atoms with E-state index in [1.54, 1.807) is 11.8 Å².